The van der Waals surface area contributed by atoms with E-state index in [0.29, 0.717) is 55.2 Å². The summed E-state index contributed by atoms with van der Waals surface area (Å²) in [5.74, 6) is -0.631. The van der Waals surface area contributed by atoms with Gasteiger partial charge in [0.1, 0.15) is 28.5 Å². The van der Waals surface area contributed by atoms with E-state index in [-0.39, 0.29) is 29.7 Å². The number of aromatic nitrogens is 2. The molecule has 3 heterocycles. The molecular formula is C30H36F2N4O7. The van der Waals surface area contributed by atoms with Gasteiger partial charge in [0.2, 0.25) is 0 Å². The van der Waals surface area contributed by atoms with E-state index in [0.717, 1.165) is 25.8 Å². The van der Waals surface area contributed by atoms with Gasteiger partial charge in [-0.2, -0.15) is 8.78 Å². The number of piperidine rings is 1. The Hall–Kier alpha value is -3.97. The molecule has 2 N–H and O–H groups in total. The van der Waals surface area contributed by atoms with Crippen LogP contribution in [0.5, 0.6) is 17.2 Å². The smallest absolute Gasteiger partial charge is 0.387 e. The van der Waals surface area contributed by atoms with Gasteiger partial charge in [-0.05, 0) is 57.2 Å². The van der Waals surface area contributed by atoms with Crippen LogP contribution in [0, 0.1) is 0 Å². The molecule has 1 aromatic carbocycles. The van der Waals surface area contributed by atoms with Crippen LogP contribution < -0.4 is 19.5 Å². The number of halogens is 2. The molecule has 5 rings (SSSR count). The van der Waals surface area contributed by atoms with Crippen LogP contribution in [0.15, 0.2) is 36.7 Å². The molecule has 0 bridgehead atoms. The molecule has 2 fully saturated rings. The maximum absolute atomic E-state index is 13.3. The molecule has 2 aromatic heterocycles. The predicted molar refractivity (Wildman–Crippen MR) is 152 cm³/mol. The predicted octanol–water partition coefficient (Wildman–Crippen LogP) is 3.66. The number of pyridine rings is 1. The lowest BCUT2D eigenvalue weighted by atomic mass is 9.91. The molecule has 11 nitrogen and oxygen atoms in total. The summed E-state index contributed by atoms with van der Waals surface area (Å²) in [5.41, 5.74) is 0.153. The molecule has 0 unspecified atom stereocenters. The molecule has 1 aliphatic heterocycles. The van der Waals surface area contributed by atoms with Gasteiger partial charge in [-0.15, -0.1) is 0 Å². The molecule has 0 radical (unpaired) electrons. The third kappa shape index (κ3) is 7.16. The number of aliphatic hydroxyl groups is 1. The Morgan fingerprint density at radius 2 is 1.93 bits per heavy atom. The number of nitrogens with one attached hydrogen (secondary N) is 1. The van der Waals surface area contributed by atoms with Crippen molar-refractivity contribution in [3.05, 3.63) is 42.2 Å². The zero-order valence-electron chi connectivity index (χ0n) is 24.2. The van der Waals surface area contributed by atoms with Crippen molar-refractivity contribution in [3.8, 4) is 28.5 Å². The third-order valence-electron chi connectivity index (χ3n) is 7.65. The molecular weight excluding hydrogens is 566 g/mol. The van der Waals surface area contributed by atoms with Crippen LogP contribution in [-0.4, -0.2) is 89.5 Å². The molecule has 0 spiro atoms. The number of imidazole rings is 1. The Balaban J connectivity index is 1.23. The van der Waals surface area contributed by atoms with Gasteiger partial charge < -0.3 is 34.3 Å². The second-order valence-corrected chi connectivity index (χ2v) is 10.7. The number of ether oxygens (including phenoxy) is 4. The van der Waals surface area contributed by atoms with Gasteiger partial charge in [0.25, 0.3) is 5.91 Å². The highest BCUT2D eigenvalue weighted by Crippen LogP contribution is 2.37. The number of hydrogen-bond donors (Lipinski definition) is 2. The Kier molecular flexibility index (Phi) is 9.31. The van der Waals surface area contributed by atoms with Gasteiger partial charge in [0.05, 0.1) is 32.2 Å². The number of fused-ring (bicyclic) bond motifs is 1. The Morgan fingerprint density at radius 3 is 2.60 bits per heavy atom. The van der Waals surface area contributed by atoms with Gasteiger partial charge in [-0.25, -0.2) is 9.78 Å². The van der Waals surface area contributed by atoms with Crippen molar-refractivity contribution in [3.63, 3.8) is 0 Å². The summed E-state index contributed by atoms with van der Waals surface area (Å²) >= 11 is 0. The molecule has 0 atom stereocenters. The molecule has 1 amide bonds. The van der Waals surface area contributed by atoms with Crippen LogP contribution in [0.4, 0.5) is 8.78 Å². The van der Waals surface area contributed by atoms with Gasteiger partial charge in [-0.1, -0.05) is 0 Å². The van der Waals surface area contributed by atoms with Crippen molar-refractivity contribution in [2.75, 3.05) is 40.0 Å². The number of rotatable bonds is 13. The summed E-state index contributed by atoms with van der Waals surface area (Å²) in [6, 6.07) is 6.56. The number of alkyl halides is 2. The average molecular weight is 603 g/mol. The van der Waals surface area contributed by atoms with Crippen LogP contribution in [0.3, 0.4) is 0 Å². The Bertz CT molecular complexity index is 1450. The van der Waals surface area contributed by atoms with Crippen LogP contribution >= 0.6 is 0 Å². The summed E-state index contributed by atoms with van der Waals surface area (Å²) in [5, 5.41) is 13.3. The number of nitrogens with zero attached hydrogens (tertiary/aromatic N) is 3. The quantitative estimate of drug-likeness (QED) is 0.223. The SMILES string of the molecule is CCOC(=O)C1(O)CCN(CCCOc2ccn3c(-c4cc(OC)c(C(=O)NC5CC5)c(OC(F)F)c4)cnc3c2)CC1. The van der Waals surface area contributed by atoms with Crippen molar-refractivity contribution >= 4 is 17.5 Å². The van der Waals surface area contributed by atoms with E-state index in [1.165, 1.54) is 13.2 Å². The number of methoxy groups -OCH3 is 1. The lowest BCUT2D eigenvalue weighted by Gasteiger charge is -2.36. The van der Waals surface area contributed by atoms with Gasteiger partial charge in [-0.3, -0.25) is 9.20 Å². The van der Waals surface area contributed by atoms with Crippen LogP contribution in [-0.2, 0) is 9.53 Å². The molecule has 13 heteroatoms. The van der Waals surface area contributed by atoms with Crippen molar-refractivity contribution in [1.82, 2.24) is 19.6 Å². The summed E-state index contributed by atoms with van der Waals surface area (Å²) in [4.78, 5) is 31.5. The molecule has 1 aliphatic carbocycles. The highest BCUT2D eigenvalue weighted by Gasteiger charge is 2.40. The molecule has 1 saturated heterocycles. The topological polar surface area (TPSA) is 124 Å². The minimum absolute atomic E-state index is 0.0237. The van der Waals surface area contributed by atoms with E-state index < -0.39 is 24.1 Å². The van der Waals surface area contributed by atoms with E-state index >= 15 is 0 Å². The van der Waals surface area contributed by atoms with Crippen molar-refractivity contribution in [2.45, 2.75) is 57.3 Å². The number of hydrogen-bond acceptors (Lipinski definition) is 9. The van der Waals surface area contributed by atoms with Gasteiger partial charge in [0.15, 0.2) is 5.60 Å². The summed E-state index contributed by atoms with van der Waals surface area (Å²) in [7, 11) is 1.37. The maximum atomic E-state index is 13.3. The maximum Gasteiger partial charge on any atom is 0.387 e. The second-order valence-electron chi connectivity index (χ2n) is 10.7. The van der Waals surface area contributed by atoms with E-state index in [4.69, 9.17) is 18.9 Å². The average Bonchev–Trinajstić information content (AvgIpc) is 3.70. The molecule has 232 valence electrons. The van der Waals surface area contributed by atoms with E-state index in [1.54, 1.807) is 41.9 Å². The van der Waals surface area contributed by atoms with Crippen molar-refractivity contribution < 1.29 is 42.4 Å². The van der Waals surface area contributed by atoms with E-state index in [2.05, 4.69) is 15.2 Å². The molecule has 2 aliphatic rings. The minimum Gasteiger partial charge on any atom is -0.496 e. The number of esters is 1. The van der Waals surface area contributed by atoms with Crippen LogP contribution in [0.2, 0.25) is 0 Å². The fourth-order valence-electron chi connectivity index (χ4n) is 5.16. The Morgan fingerprint density at radius 1 is 1.19 bits per heavy atom. The number of benzene rings is 1. The highest BCUT2D eigenvalue weighted by molar-refractivity contribution is 6.01. The fraction of sp³-hybridized carbons (Fsp3) is 0.500. The van der Waals surface area contributed by atoms with Gasteiger partial charge >= 0.3 is 12.6 Å². The largest absolute Gasteiger partial charge is 0.496 e. The summed E-state index contributed by atoms with van der Waals surface area (Å²) < 4.78 is 49.5. The first kappa shape index (κ1) is 30.5. The highest BCUT2D eigenvalue weighted by atomic mass is 19.3. The molecule has 43 heavy (non-hydrogen) atoms. The van der Waals surface area contributed by atoms with Crippen molar-refractivity contribution in [2.24, 2.45) is 0 Å². The number of amides is 1. The number of carbonyl (C=O) groups excluding carboxylic acids is 2. The van der Waals surface area contributed by atoms with Gasteiger partial charge in [0, 0.05) is 43.5 Å². The summed E-state index contributed by atoms with van der Waals surface area (Å²) in [6.45, 7) is 1.24. The first-order valence-electron chi connectivity index (χ1n) is 14.4. The number of carbonyl (C=O) groups is 2. The standard InChI is InChI=1S/C30H36F2N4O7/c1-3-41-28(38)30(39)8-12-35(13-9-30)10-4-14-42-21-7-11-36-22(18-33-25(36)17-21)19-15-23(40-2)26(24(16-19)43-29(31)32)27(37)34-20-5-6-20/h7,11,15-18,20,29,39H,3-6,8-10,12-14H2,1-2H3,(H,34,37). The third-order valence-corrected chi connectivity index (χ3v) is 7.65. The first-order valence-corrected chi connectivity index (χ1v) is 14.4. The van der Waals surface area contributed by atoms with Crippen LogP contribution in [0.1, 0.15) is 49.4 Å². The molecule has 1 saturated carbocycles. The zero-order chi connectivity index (χ0) is 30.6. The number of likely N-dealkylation sites (tertiary alicyclic amines) is 1. The lowest BCUT2D eigenvalue weighted by molar-refractivity contribution is -0.170. The Labute approximate surface area is 247 Å². The lowest BCUT2D eigenvalue weighted by Crippen LogP contribution is -2.50. The summed E-state index contributed by atoms with van der Waals surface area (Å²) in [6.07, 6.45) is 6.46. The minimum atomic E-state index is -3.13. The normalized spacial score (nSPS) is 16.7. The molecule has 3 aromatic rings. The van der Waals surface area contributed by atoms with E-state index in [9.17, 15) is 23.5 Å². The zero-order valence-corrected chi connectivity index (χ0v) is 24.2. The van der Waals surface area contributed by atoms with Crippen LogP contribution in [0.25, 0.3) is 16.9 Å². The first-order chi connectivity index (χ1) is 20.7. The van der Waals surface area contributed by atoms with Crippen molar-refractivity contribution in [1.29, 1.82) is 0 Å². The monoisotopic (exact) mass is 602 g/mol. The fourth-order valence-corrected chi connectivity index (χ4v) is 5.16. The second kappa shape index (κ2) is 13.1. The van der Waals surface area contributed by atoms with E-state index in [1.807, 2.05) is 0 Å².